The average Bonchev–Trinajstić information content (AvgIpc) is 2.82. The molecule has 5 N–H and O–H groups in total. The Labute approximate surface area is 194 Å². The lowest BCUT2D eigenvalue weighted by molar-refractivity contribution is -0.279. The molecule has 7 atom stereocenters. The number of nitrogens with one attached hydrogen (secondary N) is 1. The summed E-state index contributed by atoms with van der Waals surface area (Å²) in [5.41, 5.74) is 8.34. The Bertz CT molecular complexity index is 852. The van der Waals surface area contributed by atoms with Crippen LogP contribution >= 0.6 is 0 Å². The summed E-state index contributed by atoms with van der Waals surface area (Å²) in [5, 5.41) is 23.2. The Balaban J connectivity index is 1.58. The summed E-state index contributed by atoms with van der Waals surface area (Å²) < 4.78 is 17.4. The van der Waals surface area contributed by atoms with Crippen molar-refractivity contribution >= 4 is 5.91 Å². The van der Waals surface area contributed by atoms with Gasteiger partial charge in [-0.3, -0.25) is 4.79 Å². The lowest BCUT2D eigenvalue weighted by Gasteiger charge is -2.43. The fourth-order valence-corrected chi connectivity index (χ4v) is 3.84. The van der Waals surface area contributed by atoms with Gasteiger partial charge in [0.05, 0.1) is 19.3 Å². The van der Waals surface area contributed by atoms with Gasteiger partial charge in [0.2, 0.25) is 5.91 Å². The average molecular weight is 459 g/mol. The summed E-state index contributed by atoms with van der Waals surface area (Å²) in [7, 11) is 0. The number of nitrogens with two attached hydrogens (primary N) is 1. The number of aliphatic hydroxyl groups excluding tert-OH is 2. The van der Waals surface area contributed by atoms with E-state index in [1.165, 1.54) is 0 Å². The van der Waals surface area contributed by atoms with Gasteiger partial charge in [0.15, 0.2) is 6.29 Å². The molecule has 0 saturated carbocycles. The second kappa shape index (κ2) is 12.2. The third kappa shape index (κ3) is 7.07. The molecule has 1 aliphatic rings. The van der Waals surface area contributed by atoms with Crippen LogP contribution in [0.15, 0.2) is 60.7 Å². The Morgan fingerprint density at radius 1 is 1.09 bits per heavy atom. The zero-order chi connectivity index (χ0) is 23.8. The molecule has 8 nitrogen and oxygen atoms in total. The van der Waals surface area contributed by atoms with E-state index in [0.717, 1.165) is 11.1 Å². The maximum atomic E-state index is 12.7. The van der Waals surface area contributed by atoms with Crippen molar-refractivity contribution in [1.29, 1.82) is 0 Å². The molecule has 33 heavy (non-hydrogen) atoms. The SMILES string of the molecule is C[C@@H](Cc1ccccc1)NC(=O)[C@@H](C)OC1[C@H](O)C(CO)O[C@@H](OCc2ccccc2)[C@H]1N. The molecule has 1 fully saturated rings. The molecular formula is C25H34N2O6. The summed E-state index contributed by atoms with van der Waals surface area (Å²) in [6, 6.07) is 18.4. The van der Waals surface area contributed by atoms with Crippen LogP contribution in [-0.4, -0.2) is 65.5 Å². The number of amides is 1. The van der Waals surface area contributed by atoms with Gasteiger partial charge >= 0.3 is 0 Å². The van der Waals surface area contributed by atoms with Gasteiger partial charge in [-0.1, -0.05) is 60.7 Å². The van der Waals surface area contributed by atoms with Crippen LogP contribution < -0.4 is 11.1 Å². The van der Waals surface area contributed by atoms with Crippen LogP contribution in [0.4, 0.5) is 0 Å². The maximum absolute atomic E-state index is 12.7. The van der Waals surface area contributed by atoms with Gasteiger partial charge in [-0.15, -0.1) is 0 Å². The molecule has 1 saturated heterocycles. The number of rotatable bonds is 10. The van der Waals surface area contributed by atoms with Crippen LogP contribution in [-0.2, 0) is 32.0 Å². The smallest absolute Gasteiger partial charge is 0.249 e. The number of hydrogen-bond donors (Lipinski definition) is 4. The van der Waals surface area contributed by atoms with Gasteiger partial charge in [-0.05, 0) is 31.4 Å². The van der Waals surface area contributed by atoms with E-state index in [1.54, 1.807) is 6.92 Å². The first-order valence-corrected chi connectivity index (χ1v) is 11.2. The molecule has 2 unspecified atom stereocenters. The highest BCUT2D eigenvalue weighted by Crippen LogP contribution is 2.25. The molecule has 8 heteroatoms. The largest absolute Gasteiger partial charge is 0.394 e. The number of aliphatic hydroxyl groups is 2. The molecule has 0 spiro atoms. The standard InChI is InChI=1S/C25H34N2O6/c1-16(13-18-9-5-3-6-10-18)27-24(30)17(2)32-23-21(26)25(33-20(14-28)22(23)29)31-15-19-11-7-4-8-12-19/h3-12,16-17,20-23,25,28-29H,13-15,26H2,1-2H3,(H,27,30)/t16-,17+,20?,21-,22+,23?,25+/m0/s1. The third-order valence-corrected chi connectivity index (χ3v) is 5.66. The summed E-state index contributed by atoms with van der Waals surface area (Å²) in [4.78, 5) is 12.7. The third-order valence-electron chi connectivity index (χ3n) is 5.66. The van der Waals surface area contributed by atoms with Gasteiger partial charge in [-0.2, -0.15) is 0 Å². The second-order valence-electron chi connectivity index (χ2n) is 8.43. The van der Waals surface area contributed by atoms with Crippen molar-refractivity contribution in [2.45, 2.75) is 69.7 Å². The molecular weight excluding hydrogens is 424 g/mol. The van der Waals surface area contributed by atoms with Crippen molar-refractivity contribution in [2.24, 2.45) is 5.73 Å². The Hall–Kier alpha value is -2.33. The van der Waals surface area contributed by atoms with Crippen LogP contribution in [0.3, 0.4) is 0 Å². The monoisotopic (exact) mass is 458 g/mol. The van der Waals surface area contributed by atoms with Crippen LogP contribution in [0.2, 0.25) is 0 Å². The molecule has 1 amide bonds. The summed E-state index contributed by atoms with van der Waals surface area (Å²) in [6.07, 6.45) is -4.21. The van der Waals surface area contributed by atoms with Crippen LogP contribution in [0.5, 0.6) is 0 Å². The molecule has 2 aromatic carbocycles. The lowest BCUT2D eigenvalue weighted by atomic mass is 9.97. The molecule has 2 aromatic rings. The van der Waals surface area contributed by atoms with E-state index >= 15 is 0 Å². The van der Waals surface area contributed by atoms with E-state index in [9.17, 15) is 15.0 Å². The topological polar surface area (TPSA) is 123 Å². The number of ether oxygens (including phenoxy) is 3. The van der Waals surface area contributed by atoms with Gasteiger partial charge < -0.3 is 35.5 Å². The van der Waals surface area contributed by atoms with E-state index in [-0.39, 0.29) is 18.6 Å². The second-order valence-corrected chi connectivity index (χ2v) is 8.43. The molecule has 3 rings (SSSR count). The first-order valence-electron chi connectivity index (χ1n) is 11.2. The fraction of sp³-hybridized carbons (Fsp3) is 0.480. The molecule has 1 heterocycles. The minimum absolute atomic E-state index is 0.105. The normalized spacial score (nSPS) is 27.0. The van der Waals surface area contributed by atoms with E-state index in [0.29, 0.717) is 6.42 Å². The van der Waals surface area contributed by atoms with Crippen molar-refractivity contribution in [3.05, 3.63) is 71.8 Å². The first-order chi connectivity index (χ1) is 15.9. The Morgan fingerprint density at radius 2 is 1.70 bits per heavy atom. The summed E-state index contributed by atoms with van der Waals surface area (Å²) >= 11 is 0. The van der Waals surface area contributed by atoms with Crippen molar-refractivity contribution in [2.75, 3.05) is 6.61 Å². The molecule has 0 radical (unpaired) electrons. The van der Waals surface area contributed by atoms with Gasteiger partial charge in [0.1, 0.15) is 24.4 Å². The maximum Gasteiger partial charge on any atom is 0.249 e. The minimum Gasteiger partial charge on any atom is -0.394 e. The zero-order valence-corrected chi connectivity index (χ0v) is 19.0. The number of hydrogen-bond acceptors (Lipinski definition) is 7. The van der Waals surface area contributed by atoms with Crippen LogP contribution in [0.1, 0.15) is 25.0 Å². The van der Waals surface area contributed by atoms with E-state index in [2.05, 4.69) is 5.32 Å². The molecule has 0 aliphatic carbocycles. The predicted molar refractivity (Wildman–Crippen MR) is 123 cm³/mol. The van der Waals surface area contributed by atoms with Crippen molar-refractivity contribution in [3.8, 4) is 0 Å². The predicted octanol–water partition coefficient (Wildman–Crippen LogP) is 1.13. The van der Waals surface area contributed by atoms with E-state index in [1.807, 2.05) is 67.6 Å². The molecule has 0 aromatic heterocycles. The quantitative estimate of drug-likeness (QED) is 0.421. The lowest BCUT2D eigenvalue weighted by Crippen LogP contribution is -2.64. The fourth-order valence-electron chi connectivity index (χ4n) is 3.84. The minimum atomic E-state index is -1.21. The van der Waals surface area contributed by atoms with Crippen LogP contribution in [0.25, 0.3) is 0 Å². The highest BCUT2D eigenvalue weighted by atomic mass is 16.7. The highest BCUT2D eigenvalue weighted by molar-refractivity contribution is 5.80. The molecule has 180 valence electrons. The van der Waals surface area contributed by atoms with Gasteiger partial charge in [0.25, 0.3) is 0 Å². The van der Waals surface area contributed by atoms with Gasteiger partial charge in [0, 0.05) is 6.04 Å². The number of benzene rings is 2. The van der Waals surface area contributed by atoms with Crippen molar-refractivity contribution in [1.82, 2.24) is 5.32 Å². The van der Waals surface area contributed by atoms with E-state index < -0.39 is 43.4 Å². The van der Waals surface area contributed by atoms with Crippen molar-refractivity contribution in [3.63, 3.8) is 0 Å². The molecule has 1 aliphatic heterocycles. The van der Waals surface area contributed by atoms with Crippen LogP contribution in [0, 0.1) is 0 Å². The Morgan fingerprint density at radius 3 is 2.30 bits per heavy atom. The number of carbonyl (C=O) groups excluding carboxylic acids is 1. The Kier molecular flexibility index (Phi) is 9.37. The zero-order valence-electron chi connectivity index (χ0n) is 19.0. The summed E-state index contributed by atoms with van der Waals surface area (Å²) in [6.45, 7) is 3.33. The summed E-state index contributed by atoms with van der Waals surface area (Å²) in [5.74, 6) is -0.313. The molecule has 0 bridgehead atoms. The number of carbonyl (C=O) groups is 1. The van der Waals surface area contributed by atoms with Crippen molar-refractivity contribution < 1.29 is 29.2 Å². The highest BCUT2D eigenvalue weighted by Gasteiger charge is 2.45. The first kappa shape index (κ1) is 25.3. The van der Waals surface area contributed by atoms with E-state index in [4.69, 9.17) is 19.9 Å². The van der Waals surface area contributed by atoms with Gasteiger partial charge in [-0.25, -0.2) is 0 Å².